The second-order valence-corrected chi connectivity index (χ2v) is 3.23. The zero-order valence-electron chi connectivity index (χ0n) is 8.46. The highest BCUT2D eigenvalue weighted by atomic mass is 35.5. The quantitative estimate of drug-likeness (QED) is 0.599. The van der Waals surface area contributed by atoms with E-state index in [0.29, 0.717) is 31.3 Å². The molecule has 0 aliphatic heterocycles. The molecule has 0 fully saturated rings. The standard InChI is InChI=1S/C9H13ClFN3O/c1-7-8(11)9(14-6-13-7)12-3-5-15-4-2-10/h6H,2-5H2,1H3,(H,12,13,14). The van der Waals surface area contributed by atoms with Gasteiger partial charge in [0.05, 0.1) is 18.9 Å². The molecule has 0 saturated carbocycles. The molecule has 0 aromatic carbocycles. The van der Waals surface area contributed by atoms with E-state index in [0.717, 1.165) is 0 Å². The predicted molar refractivity (Wildman–Crippen MR) is 56.8 cm³/mol. The van der Waals surface area contributed by atoms with Crippen molar-refractivity contribution in [1.82, 2.24) is 9.97 Å². The van der Waals surface area contributed by atoms with Gasteiger partial charge in [0.2, 0.25) is 0 Å². The number of hydrogen-bond donors (Lipinski definition) is 1. The van der Waals surface area contributed by atoms with Gasteiger partial charge in [0.15, 0.2) is 11.6 Å². The van der Waals surface area contributed by atoms with Crippen molar-refractivity contribution in [2.45, 2.75) is 6.92 Å². The first kappa shape index (κ1) is 12.1. The molecule has 1 heterocycles. The van der Waals surface area contributed by atoms with Crippen LogP contribution in [0.4, 0.5) is 10.2 Å². The molecule has 4 nitrogen and oxygen atoms in total. The molecule has 0 spiro atoms. The van der Waals surface area contributed by atoms with Gasteiger partial charge in [-0.2, -0.15) is 0 Å². The van der Waals surface area contributed by atoms with E-state index in [1.165, 1.54) is 6.33 Å². The van der Waals surface area contributed by atoms with Gasteiger partial charge in [-0.05, 0) is 6.92 Å². The lowest BCUT2D eigenvalue weighted by Crippen LogP contribution is -2.13. The minimum absolute atomic E-state index is 0.206. The Morgan fingerprint density at radius 3 is 3.00 bits per heavy atom. The fourth-order valence-electron chi connectivity index (χ4n) is 0.979. The van der Waals surface area contributed by atoms with Crippen molar-refractivity contribution in [2.75, 3.05) is 31.0 Å². The average molecular weight is 234 g/mol. The summed E-state index contributed by atoms with van der Waals surface area (Å²) in [6, 6.07) is 0. The lowest BCUT2D eigenvalue weighted by atomic mass is 10.4. The van der Waals surface area contributed by atoms with Gasteiger partial charge in [0.1, 0.15) is 6.33 Å². The van der Waals surface area contributed by atoms with Gasteiger partial charge in [-0.25, -0.2) is 14.4 Å². The van der Waals surface area contributed by atoms with E-state index in [2.05, 4.69) is 15.3 Å². The Kier molecular flexibility index (Phi) is 5.28. The van der Waals surface area contributed by atoms with Crippen LogP contribution in [0.2, 0.25) is 0 Å². The maximum Gasteiger partial charge on any atom is 0.186 e. The molecule has 6 heteroatoms. The molecular formula is C9H13ClFN3O. The molecule has 0 radical (unpaired) electrons. The Bertz CT molecular complexity index is 311. The van der Waals surface area contributed by atoms with Gasteiger partial charge in [-0.15, -0.1) is 11.6 Å². The SMILES string of the molecule is Cc1ncnc(NCCOCCCl)c1F. The van der Waals surface area contributed by atoms with Crippen molar-refractivity contribution in [2.24, 2.45) is 0 Å². The van der Waals surface area contributed by atoms with Crippen molar-refractivity contribution in [3.63, 3.8) is 0 Å². The number of aryl methyl sites for hydroxylation is 1. The van der Waals surface area contributed by atoms with Crippen LogP contribution in [-0.2, 0) is 4.74 Å². The second kappa shape index (κ2) is 6.53. The summed E-state index contributed by atoms with van der Waals surface area (Å²) in [4.78, 5) is 7.50. The molecule has 1 aromatic rings. The summed E-state index contributed by atoms with van der Waals surface area (Å²) in [5, 5.41) is 2.82. The Labute approximate surface area is 92.8 Å². The highest BCUT2D eigenvalue weighted by Gasteiger charge is 2.05. The van der Waals surface area contributed by atoms with Gasteiger partial charge in [-0.1, -0.05) is 0 Å². The van der Waals surface area contributed by atoms with E-state index in [1.807, 2.05) is 0 Å². The van der Waals surface area contributed by atoms with Gasteiger partial charge in [-0.3, -0.25) is 0 Å². The number of alkyl halides is 1. The van der Waals surface area contributed by atoms with E-state index in [4.69, 9.17) is 16.3 Å². The van der Waals surface area contributed by atoms with Gasteiger partial charge in [0.25, 0.3) is 0 Å². The van der Waals surface area contributed by atoms with E-state index in [1.54, 1.807) is 6.92 Å². The summed E-state index contributed by atoms with van der Waals surface area (Å²) in [6.45, 7) is 3.04. The molecule has 0 aliphatic rings. The minimum atomic E-state index is -0.421. The second-order valence-electron chi connectivity index (χ2n) is 2.85. The van der Waals surface area contributed by atoms with Crippen LogP contribution in [0.1, 0.15) is 5.69 Å². The van der Waals surface area contributed by atoms with E-state index >= 15 is 0 Å². The molecule has 84 valence electrons. The largest absolute Gasteiger partial charge is 0.378 e. The summed E-state index contributed by atoms with van der Waals surface area (Å²) >= 11 is 5.42. The molecule has 1 aromatic heterocycles. The van der Waals surface area contributed by atoms with Crippen LogP contribution in [0.15, 0.2) is 6.33 Å². The molecule has 0 bridgehead atoms. The number of ether oxygens (including phenoxy) is 1. The summed E-state index contributed by atoms with van der Waals surface area (Å²) in [5.74, 6) is 0.243. The number of nitrogens with one attached hydrogen (secondary N) is 1. The summed E-state index contributed by atoms with van der Waals surface area (Å²) in [6.07, 6.45) is 1.32. The molecule has 0 amide bonds. The highest BCUT2D eigenvalue weighted by molar-refractivity contribution is 6.17. The first-order chi connectivity index (χ1) is 7.25. The molecule has 1 N–H and O–H groups in total. The molecule has 15 heavy (non-hydrogen) atoms. The van der Waals surface area contributed by atoms with Gasteiger partial charge in [0, 0.05) is 12.4 Å². The Balaban J connectivity index is 2.34. The van der Waals surface area contributed by atoms with E-state index in [9.17, 15) is 4.39 Å². The smallest absolute Gasteiger partial charge is 0.186 e. The van der Waals surface area contributed by atoms with Crippen LogP contribution in [0, 0.1) is 12.7 Å². The monoisotopic (exact) mass is 233 g/mol. The molecular weight excluding hydrogens is 221 g/mol. The highest BCUT2D eigenvalue weighted by Crippen LogP contribution is 2.10. The molecule has 0 atom stereocenters. The lowest BCUT2D eigenvalue weighted by molar-refractivity contribution is 0.160. The fraction of sp³-hybridized carbons (Fsp3) is 0.556. The first-order valence-electron chi connectivity index (χ1n) is 4.60. The van der Waals surface area contributed by atoms with Crippen molar-refractivity contribution in [3.05, 3.63) is 17.8 Å². The predicted octanol–water partition coefficient (Wildman–Crippen LogP) is 1.59. The molecule has 0 aliphatic carbocycles. The first-order valence-corrected chi connectivity index (χ1v) is 5.14. The van der Waals surface area contributed by atoms with Gasteiger partial charge >= 0.3 is 0 Å². The normalized spacial score (nSPS) is 10.3. The zero-order chi connectivity index (χ0) is 11.1. The Morgan fingerprint density at radius 2 is 2.27 bits per heavy atom. The van der Waals surface area contributed by atoms with Gasteiger partial charge < -0.3 is 10.1 Å². The van der Waals surface area contributed by atoms with Crippen LogP contribution in [0.5, 0.6) is 0 Å². The van der Waals surface area contributed by atoms with E-state index in [-0.39, 0.29) is 5.82 Å². The van der Waals surface area contributed by atoms with Crippen molar-refractivity contribution in [3.8, 4) is 0 Å². The number of anilines is 1. The van der Waals surface area contributed by atoms with Crippen LogP contribution >= 0.6 is 11.6 Å². The number of nitrogens with zero attached hydrogens (tertiary/aromatic N) is 2. The average Bonchev–Trinajstić information content (AvgIpc) is 2.24. The lowest BCUT2D eigenvalue weighted by Gasteiger charge is -2.07. The third-order valence-electron chi connectivity index (χ3n) is 1.72. The third kappa shape index (κ3) is 3.97. The number of halogens is 2. The van der Waals surface area contributed by atoms with Crippen LogP contribution < -0.4 is 5.32 Å². The molecule has 1 rings (SSSR count). The zero-order valence-corrected chi connectivity index (χ0v) is 9.22. The summed E-state index contributed by atoms with van der Waals surface area (Å²) < 4.78 is 18.4. The van der Waals surface area contributed by atoms with Crippen LogP contribution in [0.25, 0.3) is 0 Å². The number of hydrogen-bond acceptors (Lipinski definition) is 4. The number of aromatic nitrogens is 2. The fourth-order valence-corrected chi connectivity index (χ4v) is 1.09. The number of rotatable bonds is 6. The third-order valence-corrected chi connectivity index (χ3v) is 1.88. The molecule has 0 saturated heterocycles. The van der Waals surface area contributed by atoms with Crippen LogP contribution in [-0.4, -0.2) is 35.6 Å². The van der Waals surface area contributed by atoms with Crippen LogP contribution in [0.3, 0.4) is 0 Å². The Morgan fingerprint density at radius 1 is 1.47 bits per heavy atom. The molecule has 0 unspecified atom stereocenters. The topological polar surface area (TPSA) is 47.0 Å². The maximum absolute atomic E-state index is 13.3. The summed E-state index contributed by atoms with van der Waals surface area (Å²) in [5.41, 5.74) is 0.328. The maximum atomic E-state index is 13.3. The van der Waals surface area contributed by atoms with Crippen molar-refractivity contribution >= 4 is 17.4 Å². The van der Waals surface area contributed by atoms with E-state index < -0.39 is 5.82 Å². The summed E-state index contributed by atoms with van der Waals surface area (Å²) in [7, 11) is 0. The van der Waals surface area contributed by atoms with Crippen molar-refractivity contribution in [1.29, 1.82) is 0 Å². The Hall–Kier alpha value is -0.940. The van der Waals surface area contributed by atoms with Crippen molar-refractivity contribution < 1.29 is 9.13 Å². The minimum Gasteiger partial charge on any atom is -0.378 e.